The average molecular weight is 285 g/mol. The van der Waals surface area contributed by atoms with Gasteiger partial charge < -0.3 is 15.4 Å². The van der Waals surface area contributed by atoms with Crippen molar-refractivity contribution in [2.24, 2.45) is 5.73 Å². The number of nitrogens with two attached hydrogens (primary N) is 1. The second-order valence-electron chi connectivity index (χ2n) is 5.43. The van der Waals surface area contributed by atoms with Gasteiger partial charge in [0.15, 0.2) is 0 Å². The molecule has 0 aliphatic carbocycles. The molecule has 1 aliphatic rings. The van der Waals surface area contributed by atoms with Crippen LogP contribution in [0.4, 0.5) is 0 Å². The van der Waals surface area contributed by atoms with Crippen LogP contribution in [0.1, 0.15) is 17.3 Å². The molecule has 2 heterocycles. The summed E-state index contributed by atoms with van der Waals surface area (Å²) in [6.07, 6.45) is 1.66. The van der Waals surface area contributed by atoms with Crippen LogP contribution < -0.4 is 5.73 Å². The van der Waals surface area contributed by atoms with Crippen molar-refractivity contribution in [1.82, 2.24) is 9.88 Å². The fourth-order valence-corrected chi connectivity index (χ4v) is 2.57. The van der Waals surface area contributed by atoms with Crippen molar-refractivity contribution < 1.29 is 9.53 Å². The molecule has 1 fully saturated rings. The van der Waals surface area contributed by atoms with Crippen LogP contribution in [-0.4, -0.2) is 47.6 Å². The minimum atomic E-state index is -0.0928. The summed E-state index contributed by atoms with van der Waals surface area (Å²) in [6.45, 7) is 3.59. The summed E-state index contributed by atoms with van der Waals surface area (Å²) < 4.78 is 5.60. The van der Waals surface area contributed by atoms with E-state index in [1.165, 1.54) is 0 Å². The predicted octanol–water partition coefficient (Wildman–Crippen LogP) is 1.42. The molecule has 2 unspecified atom stereocenters. The van der Waals surface area contributed by atoms with Gasteiger partial charge in [-0.25, -0.2) is 0 Å². The normalized spacial score (nSPS) is 20.5. The van der Waals surface area contributed by atoms with Gasteiger partial charge in [0.05, 0.1) is 18.2 Å². The van der Waals surface area contributed by atoms with E-state index in [1.807, 2.05) is 42.2 Å². The van der Waals surface area contributed by atoms with Crippen LogP contribution in [0.3, 0.4) is 0 Å². The fraction of sp³-hybridized carbons (Fsp3) is 0.375. The molecule has 0 saturated carbocycles. The number of carbonyl (C=O) groups is 1. The van der Waals surface area contributed by atoms with Gasteiger partial charge in [-0.2, -0.15) is 0 Å². The highest BCUT2D eigenvalue weighted by atomic mass is 16.5. The molecule has 2 N–H and O–H groups in total. The third-order valence-corrected chi connectivity index (χ3v) is 3.82. The van der Waals surface area contributed by atoms with Crippen molar-refractivity contribution in [3.8, 4) is 0 Å². The molecule has 110 valence electrons. The van der Waals surface area contributed by atoms with Gasteiger partial charge in [-0.15, -0.1) is 0 Å². The molecule has 21 heavy (non-hydrogen) atoms. The van der Waals surface area contributed by atoms with Crippen LogP contribution in [0.15, 0.2) is 36.5 Å². The van der Waals surface area contributed by atoms with E-state index in [0.29, 0.717) is 25.3 Å². The first-order valence-electron chi connectivity index (χ1n) is 7.16. The van der Waals surface area contributed by atoms with E-state index in [9.17, 15) is 4.79 Å². The summed E-state index contributed by atoms with van der Waals surface area (Å²) in [5.41, 5.74) is 7.45. The molecule has 0 radical (unpaired) electrons. The number of aromatic nitrogens is 1. The third-order valence-electron chi connectivity index (χ3n) is 3.82. The molecule has 5 nitrogen and oxygen atoms in total. The molecule has 5 heteroatoms. The zero-order chi connectivity index (χ0) is 14.8. The van der Waals surface area contributed by atoms with Crippen molar-refractivity contribution >= 4 is 16.8 Å². The van der Waals surface area contributed by atoms with Crippen LogP contribution in [-0.2, 0) is 4.74 Å². The van der Waals surface area contributed by atoms with E-state index in [4.69, 9.17) is 10.5 Å². The van der Waals surface area contributed by atoms with E-state index in [-0.39, 0.29) is 18.1 Å². The molecule has 1 amide bonds. The van der Waals surface area contributed by atoms with E-state index in [0.717, 1.165) is 10.9 Å². The number of benzene rings is 1. The number of ether oxygens (including phenoxy) is 1. The van der Waals surface area contributed by atoms with Crippen LogP contribution in [0.5, 0.6) is 0 Å². The van der Waals surface area contributed by atoms with Crippen molar-refractivity contribution in [2.45, 2.75) is 19.1 Å². The lowest BCUT2D eigenvalue weighted by Gasteiger charge is -2.34. The Morgan fingerprint density at radius 1 is 1.48 bits per heavy atom. The lowest BCUT2D eigenvalue weighted by atomic mass is 10.1. The van der Waals surface area contributed by atoms with Crippen molar-refractivity contribution in [3.05, 3.63) is 42.1 Å². The second kappa shape index (κ2) is 5.79. The number of rotatable bonds is 2. The van der Waals surface area contributed by atoms with E-state index in [1.54, 1.807) is 6.20 Å². The SMILES string of the molecule is CC(N)C1CN(C(=O)c2ccc3ncccc3c2)CCO1. The maximum Gasteiger partial charge on any atom is 0.254 e. The van der Waals surface area contributed by atoms with Crippen molar-refractivity contribution in [1.29, 1.82) is 0 Å². The van der Waals surface area contributed by atoms with Crippen molar-refractivity contribution in [3.63, 3.8) is 0 Å². The molecule has 2 atom stereocenters. The Balaban J connectivity index is 1.82. The Bertz CT molecular complexity index is 657. The Kier molecular flexibility index (Phi) is 3.86. The minimum absolute atomic E-state index is 0.0229. The van der Waals surface area contributed by atoms with E-state index >= 15 is 0 Å². The number of amides is 1. The van der Waals surface area contributed by atoms with Crippen LogP contribution in [0.25, 0.3) is 10.9 Å². The molecule has 2 aromatic rings. The first kappa shape index (κ1) is 14.0. The number of nitrogens with zero attached hydrogens (tertiary/aromatic N) is 2. The molecule has 3 rings (SSSR count). The van der Waals surface area contributed by atoms with Crippen LogP contribution in [0.2, 0.25) is 0 Å². The molecule has 1 saturated heterocycles. The summed E-state index contributed by atoms with van der Waals surface area (Å²) in [6, 6.07) is 9.35. The smallest absolute Gasteiger partial charge is 0.254 e. The lowest BCUT2D eigenvalue weighted by molar-refractivity contribution is -0.0300. The van der Waals surface area contributed by atoms with Gasteiger partial charge in [-0.05, 0) is 31.2 Å². The Labute approximate surface area is 123 Å². The highest BCUT2D eigenvalue weighted by molar-refractivity contribution is 5.98. The van der Waals surface area contributed by atoms with Gasteiger partial charge in [-0.1, -0.05) is 6.07 Å². The number of morpholine rings is 1. The summed E-state index contributed by atoms with van der Waals surface area (Å²) in [7, 11) is 0. The quantitative estimate of drug-likeness (QED) is 0.906. The predicted molar refractivity (Wildman–Crippen MR) is 81.0 cm³/mol. The zero-order valence-electron chi connectivity index (χ0n) is 12.0. The molecular formula is C16H19N3O2. The number of pyridine rings is 1. The molecule has 1 aromatic carbocycles. The Morgan fingerprint density at radius 2 is 2.33 bits per heavy atom. The summed E-state index contributed by atoms with van der Waals surface area (Å²) in [4.78, 5) is 18.7. The van der Waals surface area contributed by atoms with Gasteiger partial charge in [0.25, 0.3) is 5.91 Å². The molecule has 1 aliphatic heterocycles. The topological polar surface area (TPSA) is 68.5 Å². The largest absolute Gasteiger partial charge is 0.373 e. The maximum absolute atomic E-state index is 12.6. The molecular weight excluding hydrogens is 266 g/mol. The van der Waals surface area contributed by atoms with Gasteiger partial charge in [0, 0.05) is 36.3 Å². The molecule has 0 bridgehead atoms. The highest BCUT2D eigenvalue weighted by Crippen LogP contribution is 2.17. The van der Waals surface area contributed by atoms with Crippen molar-refractivity contribution in [2.75, 3.05) is 19.7 Å². The van der Waals surface area contributed by atoms with E-state index < -0.39 is 0 Å². The Morgan fingerprint density at radius 3 is 3.14 bits per heavy atom. The van der Waals surface area contributed by atoms with Gasteiger partial charge in [-0.3, -0.25) is 9.78 Å². The number of hydrogen-bond acceptors (Lipinski definition) is 4. The van der Waals surface area contributed by atoms with Crippen LogP contribution >= 0.6 is 0 Å². The Hall–Kier alpha value is -1.98. The van der Waals surface area contributed by atoms with Gasteiger partial charge in [0.2, 0.25) is 0 Å². The summed E-state index contributed by atoms with van der Waals surface area (Å²) >= 11 is 0. The highest BCUT2D eigenvalue weighted by Gasteiger charge is 2.27. The minimum Gasteiger partial charge on any atom is -0.373 e. The number of fused-ring (bicyclic) bond motifs is 1. The number of hydrogen-bond donors (Lipinski definition) is 1. The monoisotopic (exact) mass is 285 g/mol. The first-order chi connectivity index (χ1) is 10.1. The van der Waals surface area contributed by atoms with E-state index in [2.05, 4.69) is 4.98 Å². The fourth-order valence-electron chi connectivity index (χ4n) is 2.57. The van der Waals surface area contributed by atoms with Gasteiger partial charge >= 0.3 is 0 Å². The molecule has 1 aromatic heterocycles. The number of carbonyl (C=O) groups excluding carboxylic acids is 1. The average Bonchev–Trinajstić information content (AvgIpc) is 2.53. The zero-order valence-corrected chi connectivity index (χ0v) is 12.0. The van der Waals surface area contributed by atoms with Gasteiger partial charge in [0.1, 0.15) is 0 Å². The summed E-state index contributed by atoms with van der Waals surface area (Å²) in [5.74, 6) is 0.0229. The summed E-state index contributed by atoms with van der Waals surface area (Å²) in [5, 5.41) is 0.973. The molecule has 0 spiro atoms. The maximum atomic E-state index is 12.6. The first-order valence-corrected chi connectivity index (χ1v) is 7.16. The standard InChI is InChI=1S/C16H19N3O2/c1-11(17)15-10-19(7-8-21-15)16(20)13-4-5-14-12(9-13)3-2-6-18-14/h2-6,9,11,15H,7-8,10,17H2,1H3. The third kappa shape index (κ3) is 2.89. The lowest BCUT2D eigenvalue weighted by Crippen LogP contribution is -2.51. The van der Waals surface area contributed by atoms with Crippen LogP contribution in [0, 0.1) is 0 Å². The second-order valence-corrected chi connectivity index (χ2v) is 5.43.